The third-order valence-electron chi connectivity index (χ3n) is 6.58. The van der Waals surface area contributed by atoms with E-state index in [2.05, 4.69) is 18.6 Å². The summed E-state index contributed by atoms with van der Waals surface area (Å²) in [6, 6.07) is 0. The van der Waals surface area contributed by atoms with E-state index in [0.29, 0.717) is 13.2 Å². The molecule has 0 aromatic carbocycles. The minimum Gasteiger partial charge on any atom is -0.394 e. The largest absolute Gasteiger partial charge is 0.394 e. The molecule has 2 N–H and O–H groups in total. The van der Waals surface area contributed by atoms with Gasteiger partial charge in [-0.2, -0.15) is 0 Å². The van der Waals surface area contributed by atoms with Gasteiger partial charge in [-0.25, -0.2) is 0 Å². The van der Waals surface area contributed by atoms with Gasteiger partial charge in [-0.3, -0.25) is 0 Å². The highest BCUT2D eigenvalue weighted by molar-refractivity contribution is 6.45. The molecular weight excluding hydrogens is 637 g/mol. The standard InChI is InChI=1S/C20H42O.C6H6Cl6.C4H10O3/c1-3-5-7-9-11-13-15-17-19-21-20-18-16-14-12-10-8-6-4-2;7-1-2(8)4(10)6(12)5(11)3(1)9;5-1-3-7-4-2-6/h3-20H2,1-2H3;1-6H;5-6H,1-4H2. The van der Waals surface area contributed by atoms with E-state index in [0.717, 1.165) is 13.2 Å². The van der Waals surface area contributed by atoms with Crippen LogP contribution in [0.3, 0.4) is 0 Å². The highest BCUT2D eigenvalue weighted by atomic mass is 35.5. The van der Waals surface area contributed by atoms with E-state index in [1.54, 1.807) is 0 Å². The molecule has 1 fully saturated rings. The van der Waals surface area contributed by atoms with Gasteiger partial charge in [0, 0.05) is 13.2 Å². The van der Waals surface area contributed by atoms with Crippen molar-refractivity contribution in [1.82, 2.24) is 0 Å². The van der Waals surface area contributed by atoms with Gasteiger partial charge < -0.3 is 19.7 Å². The van der Waals surface area contributed by atoms with Gasteiger partial charge >= 0.3 is 0 Å². The molecule has 244 valence electrons. The second kappa shape index (κ2) is 33.5. The SMILES string of the molecule is CCCCCCCCCCOCCCCCCCCCC.ClC1C(Cl)C(Cl)C(Cl)C(Cl)C1Cl.OCCOCCO. The Bertz CT molecular complexity index is 415. The predicted molar refractivity (Wildman–Crippen MR) is 179 cm³/mol. The molecule has 4 nitrogen and oxygen atoms in total. The molecule has 0 heterocycles. The molecule has 1 aliphatic rings. The van der Waals surface area contributed by atoms with Crippen LogP contribution in [0.5, 0.6) is 0 Å². The summed E-state index contributed by atoms with van der Waals surface area (Å²) in [5, 5.41) is 13.6. The lowest BCUT2D eigenvalue weighted by Gasteiger charge is -2.37. The second-order valence-corrected chi connectivity index (χ2v) is 13.3. The number of unbranched alkanes of at least 4 members (excludes halogenated alkanes) is 14. The van der Waals surface area contributed by atoms with Gasteiger partial charge in [0.15, 0.2) is 0 Å². The van der Waals surface area contributed by atoms with Gasteiger partial charge in [0.25, 0.3) is 0 Å². The van der Waals surface area contributed by atoms with Crippen molar-refractivity contribution in [2.75, 3.05) is 39.6 Å². The Morgan fingerprint density at radius 1 is 0.375 bits per heavy atom. The Morgan fingerprint density at radius 2 is 0.600 bits per heavy atom. The van der Waals surface area contributed by atoms with E-state index in [9.17, 15) is 0 Å². The second-order valence-electron chi connectivity index (χ2n) is 10.3. The smallest absolute Gasteiger partial charge is 0.0698 e. The summed E-state index contributed by atoms with van der Waals surface area (Å²) in [4.78, 5) is 0. The maximum atomic E-state index is 8.09. The molecule has 0 radical (unpaired) electrons. The molecule has 0 aliphatic heterocycles. The molecule has 0 bridgehead atoms. The number of halogens is 6. The zero-order valence-corrected chi connectivity index (χ0v) is 29.5. The Balaban J connectivity index is 0. The van der Waals surface area contributed by atoms with Crippen molar-refractivity contribution >= 4 is 69.6 Å². The zero-order chi connectivity index (χ0) is 30.4. The number of alkyl halides is 6. The normalized spacial score (nSPS) is 24.1. The van der Waals surface area contributed by atoms with Crippen molar-refractivity contribution in [1.29, 1.82) is 0 Å². The molecule has 1 rings (SSSR count). The lowest BCUT2D eigenvalue weighted by molar-refractivity contribution is 0.0650. The highest BCUT2D eigenvalue weighted by Crippen LogP contribution is 2.39. The highest BCUT2D eigenvalue weighted by Gasteiger charge is 2.46. The van der Waals surface area contributed by atoms with E-state index >= 15 is 0 Å². The lowest BCUT2D eigenvalue weighted by atomic mass is 9.97. The van der Waals surface area contributed by atoms with Crippen LogP contribution in [-0.4, -0.2) is 82.1 Å². The number of aliphatic hydroxyl groups excluding tert-OH is 2. The molecule has 0 amide bonds. The van der Waals surface area contributed by atoms with Crippen LogP contribution < -0.4 is 0 Å². The van der Waals surface area contributed by atoms with E-state index in [-0.39, 0.29) is 13.2 Å². The van der Waals surface area contributed by atoms with Crippen LogP contribution >= 0.6 is 69.6 Å². The quantitative estimate of drug-likeness (QED) is 0.0875. The third-order valence-corrected chi connectivity index (χ3v) is 10.6. The van der Waals surface area contributed by atoms with Crippen LogP contribution in [0.25, 0.3) is 0 Å². The first-order valence-corrected chi connectivity index (χ1v) is 18.1. The Labute approximate surface area is 276 Å². The molecule has 40 heavy (non-hydrogen) atoms. The van der Waals surface area contributed by atoms with Crippen molar-refractivity contribution in [2.24, 2.45) is 0 Å². The van der Waals surface area contributed by atoms with Crippen LogP contribution in [-0.2, 0) is 9.47 Å². The molecule has 1 saturated carbocycles. The topological polar surface area (TPSA) is 58.9 Å². The number of hydrogen-bond acceptors (Lipinski definition) is 4. The molecule has 0 saturated heterocycles. The summed E-state index contributed by atoms with van der Waals surface area (Å²) < 4.78 is 10.4. The maximum Gasteiger partial charge on any atom is 0.0698 e. The molecule has 0 spiro atoms. The summed E-state index contributed by atoms with van der Waals surface area (Å²) in [6.45, 7) is 7.24. The van der Waals surface area contributed by atoms with Gasteiger partial charge in [0.1, 0.15) is 0 Å². The van der Waals surface area contributed by atoms with Gasteiger partial charge in [0.2, 0.25) is 0 Å². The Hall–Kier alpha value is 1.58. The predicted octanol–water partition coefficient (Wildman–Crippen LogP) is 9.92. The Morgan fingerprint density at radius 3 is 0.850 bits per heavy atom. The number of hydrogen-bond donors (Lipinski definition) is 2. The summed E-state index contributed by atoms with van der Waals surface area (Å²) in [6.07, 6.45) is 22.2. The van der Waals surface area contributed by atoms with Gasteiger partial charge in [-0.1, -0.05) is 104 Å². The van der Waals surface area contributed by atoms with E-state index in [1.807, 2.05) is 0 Å². The molecule has 0 atom stereocenters. The van der Waals surface area contributed by atoms with Gasteiger partial charge in [-0.05, 0) is 12.8 Å². The molecule has 0 aromatic rings. The van der Waals surface area contributed by atoms with Crippen molar-refractivity contribution in [3.8, 4) is 0 Å². The van der Waals surface area contributed by atoms with Crippen molar-refractivity contribution in [2.45, 2.75) is 149 Å². The Kier molecular flexibility index (Phi) is 36.6. The molecule has 0 unspecified atom stereocenters. The summed E-state index contributed by atoms with van der Waals surface area (Å²) >= 11 is 35.3. The number of rotatable bonds is 22. The maximum absolute atomic E-state index is 8.09. The fourth-order valence-corrected chi connectivity index (χ4v) is 6.39. The minimum absolute atomic E-state index is 0.0278. The van der Waals surface area contributed by atoms with Crippen LogP contribution in [0.2, 0.25) is 0 Å². The van der Waals surface area contributed by atoms with Crippen LogP contribution in [0, 0.1) is 0 Å². The van der Waals surface area contributed by atoms with Crippen LogP contribution in [0.15, 0.2) is 0 Å². The first-order valence-electron chi connectivity index (χ1n) is 15.5. The summed E-state index contributed by atoms with van der Waals surface area (Å²) in [5.74, 6) is 0. The summed E-state index contributed by atoms with van der Waals surface area (Å²) in [7, 11) is 0. The first-order chi connectivity index (χ1) is 19.3. The average molecular weight is 696 g/mol. The van der Waals surface area contributed by atoms with Gasteiger partial charge in [-0.15, -0.1) is 69.6 Å². The molecule has 0 aromatic heterocycles. The molecular formula is C30H58Cl6O4. The van der Waals surface area contributed by atoms with Crippen molar-refractivity contribution in [3.63, 3.8) is 0 Å². The molecule has 10 heteroatoms. The van der Waals surface area contributed by atoms with E-state index < -0.39 is 32.3 Å². The summed E-state index contributed by atoms with van der Waals surface area (Å²) in [5.41, 5.74) is 0. The third kappa shape index (κ3) is 26.0. The monoisotopic (exact) mass is 692 g/mol. The average Bonchev–Trinajstić information content (AvgIpc) is 2.96. The zero-order valence-electron chi connectivity index (χ0n) is 25.0. The van der Waals surface area contributed by atoms with Crippen LogP contribution in [0.1, 0.15) is 117 Å². The van der Waals surface area contributed by atoms with Crippen LogP contribution in [0.4, 0.5) is 0 Å². The lowest BCUT2D eigenvalue weighted by Crippen LogP contribution is -2.52. The fraction of sp³-hybridized carbons (Fsp3) is 1.00. The van der Waals surface area contributed by atoms with Crippen molar-refractivity contribution in [3.05, 3.63) is 0 Å². The molecule has 1 aliphatic carbocycles. The van der Waals surface area contributed by atoms with Crippen molar-refractivity contribution < 1.29 is 19.7 Å². The van der Waals surface area contributed by atoms with Gasteiger partial charge in [0.05, 0.1) is 58.7 Å². The minimum atomic E-state index is -0.437. The fourth-order valence-electron chi connectivity index (χ4n) is 4.06. The number of aliphatic hydroxyl groups is 2. The number of ether oxygens (including phenoxy) is 2. The first kappa shape index (κ1) is 43.7. The van der Waals surface area contributed by atoms with E-state index in [4.69, 9.17) is 84.6 Å². The van der Waals surface area contributed by atoms with E-state index in [1.165, 1.54) is 103 Å².